The molecule has 1 fully saturated rings. The third kappa shape index (κ3) is 2.07. The van der Waals surface area contributed by atoms with E-state index >= 15 is 0 Å². The highest BCUT2D eigenvalue weighted by Gasteiger charge is 2.43. The third-order valence-electron chi connectivity index (χ3n) is 3.27. The highest BCUT2D eigenvalue weighted by Crippen LogP contribution is 2.31. The van der Waals surface area contributed by atoms with E-state index in [1.54, 1.807) is 10.8 Å². The first-order valence-electron chi connectivity index (χ1n) is 6.01. The summed E-state index contributed by atoms with van der Waals surface area (Å²) in [4.78, 5) is 12.6. The van der Waals surface area contributed by atoms with Gasteiger partial charge < -0.3 is 20.1 Å². The first-order valence-corrected chi connectivity index (χ1v) is 7.24. The van der Waals surface area contributed by atoms with Crippen molar-refractivity contribution in [1.29, 1.82) is 0 Å². The Morgan fingerprint density at radius 1 is 1.35 bits per heavy atom. The molecule has 0 aromatic carbocycles. The van der Waals surface area contributed by atoms with E-state index in [9.17, 15) is 10.2 Å². The van der Waals surface area contributed by atoms with Gasteiger partial charge in [0.2, 0.25) is 0 Å². The van der Waals surface area contributed by atoms with Crippen LogP contribution in [-0.2, 0) is 4.74 Å². The molecule has 8 nitrogen and oxygen atoms in total. The fourth-order valence-corrected chi connectivity index (χ4v) is 2.54. The number of hydrogen-bond donors (Lipinski definition) is 3. The van der Waals surface area contributed by atoms with Crippen LogP contribution in [0.2, 0.25) is 0 Å². The van der Waals surface area contributed by atoms with Crippen LogP contribution in [0.3, 0.4) is 0 Å². The van der Waals surface area contributed by atoms with E-state index in [0.717, 1.165) is 0 Å². The molecule has 2 aromatic rings. The summed E-state index contributed by atoms with van der Waals surface area (Å²) >= 11 is 1.39. The number of aliphatic hydroxyl groups is 3. The third-order valence-corrected chi connectivity index (χ3v) is 3.83. The van der Waals surface area contributed by atoms with Gasteiger partial charge in [-0.3, -0.25) is 4.57 Å². The van der Waals surface area contributed by atoms with Crippen LogP contribution in [0, 0.1) is 0 Å². The number of hydrogen-bond acceptors (Lipinski definition) is 8. The molecule has 0 bridgehead atoms. The second-order valence-electron chi connectivity index (χ2n) is 4.45. The molecular formula is C11H14N4O4S. The van der Waals surface area contributed by atoms with Crippen molar-refractivity contribution in [2.45, 2.75) is 29.7 Å². The Morgan fingerprint density at radius 3 is 2.80 bits per heavy atom. The van der Waals surface area contributed by atoms with Crippen LogP contribution in [0.25, 0.3) is 11.2 Å². The summed E-state index contributed by atoms with van der Waals surface area (Å²) in [5.41, 5.74) is 1.08. The molecule has 0 unspecified atom stereocenters. The predicted octanol–water partition coefficient (Wildman–Crippen LogP) is -0.840. The van der Waals surface area contributed by atoms with Crippen LogP contribution in [-0.4, -0.2) is 66.0 Å². The van der Waals surface area contributed by atoms with Crippen molar-refractivity contribution >= 4 is 22.9 Å². The van der Waals surface area contributed by atoms with Gasteiger partial charge in [0, 0.05) is 0 Å². The van der Waals surface area contributed by atoms with Crippen molar-refractivity contribution in [3.05, 3.63) is 12.5 Å². The molecule has 9 heteroatoms. The van der Waals surface area contributed by atoms with Crippen LogP contribution in [0.4, 0.5) is 0 Å². The minimum Gasteiger partial charge on any atom is -0.394 e. The van der Waals surface area contributed by atoms with Crippen molar-refractivity contribution in [3.63, 3.8) is 0 Å². The number of rotatable bonds is 3. The lowest BCUT2D eigenvalue weighted by Crippen LogP contribution is -2.33. The smallest absolute Gasteiger partial charge is 0.189 e. The van der Waals surface area contributed by atoms with Crippen molar-refractivity contribution in [1.82, 2.24) is 19.5 Å². The van der Waals surface area contributed by atoms with Crippen LogP contribution in [0.1, 0.15) is 6.23 Å². The van der Waals surface area contributed by atoms with E-state index in [1.807, 2.05) is 6.26 Å². The largest absolute Gasteiger partial charge is 0.394 e. The fraction of sp³-hybridized carbons (Fsp3) is 0.545. The zero-order valence-corrected chi connectivity index (χ0v) is 11.4. The van der Waals surface area contributed by atoms with Gasteiger partial charge in [-0.15, -0.1) is 0 Å². The average molecular weight is 298 g/mol. The normalized spacial score (nSPS) is 30.2. The van der Waals surface area contributed by atoms with E-state index in [2.05, 4.69) is 15.0 Å². The molecule has 0 aliphatic carbocycles. The molecule has 1 saturated heterocycles. The minimum absolute atomic E-state index is 0.369. The Bertz CT molecular complexity index is 621. The van der Waals surface area contributed by atoms with Crippen molar-refractivity contribution in [2.75, 3.05) is 12.9 Å². The molecule has 20 heavy (non-hydrogen) atoms. The quantitative estimate of drug-likeness (QED) is 0.496. The molecule has 3 rings (SSSR count). The van der Waals surface area contributed by atoms with E-state index in [-0.39, 0.29) is 6.61 Å². The number of ether oxygens (including phenoxy) is 1. The maximum Gasteiger partial charge on any atom is 0.189 e. The molecule has 1 aliphatic rings. The van der Waals surface area contributed by atoms with E-state index in [1.165, 1.54) is 18.1 Å². The van der Waals surface area contributed by atoms with Crippen molar-refractivity contribution < 1.29 is 20.1 Å². The van der Waals surface area contributed by atoms with Crippen LogP contribution < -0.4 is 0 Å². The molecule has 0 radical (unpaired) electrons. The van der Waals surface area contributed by atoms with Gasteiger partial charge in [-0.05, 0) is 6.26 Å². The Balaban J connectivity index is 2.02. The Kier molecular flexibility index (Phi) is 3.61. The second-order valence-corrected chi connectivity index (χ2v) is 5.22. The Labute approximate surface area is 118 Å². The number of fused-ring (bicyclic) bond motifs is 1. The van der Waals surface area contributed by atoms with Crippen molar-refractivity contribution in [2.24, 2.45) is 0 Å². The van der Waals surface area contributed by atoms with E-state index in [4.69, 9.17) is 9.84 Å². The average Bonchev–Trinajstić information content (AvgIpc) is 3.01. The molecule has 3 heterocycles. The van der Waals surface area contributed by atoms with Gasteiger partial charge in [0.05, 0.1) is 19.1 Å². The zero-order chi connectivity index (χ0) is 14.3. The predicted molar refractivity (Wildman–Crippen MR) is 70.1 cm³/mol. The standard InChI is InChI=1S/C11H14N4O4S/c1-20-11-12-2-5-9(14-11)15(4-13-5)10-8(18)7(17)6(3-16)19-10/h2,4,6-8,10,16-18H,3H2,1H3/t6-,7+,8+,10-/m0/s1. The number of thioether (sulfide) groups is 1. The number of aromatic nitrogens is 4. The molecule has 3 N–H and O–H groups in total. The summed E-state index contributed by atoms with van der Waals surface area (Å²) in [6.07, 6.45) is 0.956. The molecule has 0 spiro atoms. The summed E-state index contributed by atoms with van der Waals surface area (Å²) in [5, 5.41) is 29.5. The van der Waals surface area contributed by atoms with Gasteiger partial charge in [-0.25, -0.2) is 15.0 Å². The van der Waals surface area contributed by atoms with Gasteiger partial charge in [0.25, 0.3) is 0 Å². The molecular weight excluding hydrogens is 284 g/mol. The molecule has 0 saturated carbocycles. The second kappa shape index (κ2) is 5.26. The SMILES string of the molecule is CSc1ncc2ncn([C@H]3O[C@@H](CO)[C@@H](O)[C@H]3O)c2n1. The number of aliphatic hydroxyl groups excluding tert-OH is 3. The van der Waals surface area contributed by atoms with Gasteiger partial charge in [0.1, 0.15) is 23.8 Å². The monoisotopic (exact) mass is 298 g/mol. The molecule has 1 aliphatic heterocycles. The van der Waals surface area contributed by atoms with Gasteiger partial charge in [-0.2, -0.15) is 0 Å². The summed E-state index contributed by atoms with van der Waals surface area (Å²) in [5.74, 6) is 0. The Hall–Kier alpha value is -1.26. The lowest BCUT2D eigenvalue weighted by atomic mass is 10.1. The maximum absolute atomic E-state index is 10.0. The summed E-state index contributed by atoms with van der Waals surface area (Å²) < 4.78 is 7.01. The summed E-state index contributed by atoms with van der Waals surface area (Å²) in [6.45, 7) is -0.369. The lowest BCUT2D eigenvalue weighted by Gasteiger charge is -2.16. The van der Waals surface area contributed by atoms with Crippen LogP contribution in [0.15, 0.2) is 17.7 Å². The van der Waals surface area contributed by atoms with Crippen molar-refractivity contribution in [3.8, 4) is 0 Å². The first-order chi connectivity index (χ1) is 9.65. The van der Waals surface area contributed by atoms with E-state index < -0.39 is 24.5 Å². The van der Waals surface area contributed by atoms with Crippen LogP contribution >= 0.6 is 11.8 Å². The molecule has 4 atom stereocenters. The molecule has 2 aromatic heterocycles. The first kappa shape index (κ1) is 13.7. The summed E-state index contributed by atoms with van der Waals surface area (Å²) in [7, 11) is 0. The lowest BCUT2D eigenvalue weighted by molar-refractivity contribution is -0.0511. The van der Waals surface area contributed by atoms with Gasteiger partial charge in [-0.1, -0.05) is 11.8 Å². The summed E-state index contributed by atoms with van der Waals surface area (Å²) in [6, 6.07) is 0. The Morgan fingerprint density at radius 2 is 2.15 bits per heavy atom. The topological polar surface area (TPSA) is 114 Å². The highest BCUT2D eigenvalue weighted by molar-refractivity contribution is 7.98. The minimum atomic E-state index is -1.16. The van der Waals surface area contributed by atoms with E-state index in [0.29, 0.717) is 16.3 Å². The fourth-order valence-electron chi connectivity index (χ4n) is 2.21. The van der Waals surface area contributed by atoms with Crippen LogP contribution in [0.5, 0.6) is 0 Å². The highest BCUT2D eigenvalue weighted by atomic mass is 32.2. The molecule has 0 amide bonds. The van der Waals surface area contributed by atoms with Gasteiger partial charge >= 0.3 is 0 Å². The molecule has 108 valence electrons. The maximum atomic E-state index is 10.0. The number of nitrogens with zero attached hydrogens (tertiary/aromatic N) is 4. The van der Waals surface area contributed by atoms with Gasteiger partial charge in [0.15, 0.2) is 17.0 Å². The zero-order valence-electron chi connectivity index (χ0n) is 10.6. The number of imidazole rings is 1.